The number of nitrogens with one attached hydrogen (secondary N) is 2. The number of rotatable bonds is 7. The molecule has 24 heavy (non-hydrogen) atoms. The van der Waals surface area contributed by atoms with Gasteiger partial charge in [0.1, 0.15) is 11.6 Å². The minimum absolute atomic E-state index is 0.0972. The predicted molar refractivity (Wildman–Crippen MR) is 88.2 cm³/mol. The van der Waals surface area contributed by atoms with Crippen LogP contribution in [-0.2, 0) is 11.2 Å². The van der Waals surface area contributed by atoms with Gasteiger partial charge in [0.2, 0.25) is 5.91 Å². The molecule has 0 heterocycles. The Balaban J connectivity index is 1.63. The number of amides is 2. The fourth-order valence-electron chi connectivity index (χ4n) is 2.09. The van der Waals surface area contributed by atoms with Crippen LogP contribution in [0.5, 0.6) is 5.75 Å². The van der Waals surface area contributed by atoms with E-state index < -0.39 is 0 Å². The molecule has 0 aliphatic heterocycles. The minimum Gasteiger partial charge on any atom is -0.508 e. The van der Waals surface area contributed by atoms with Crippen molar-refractivity contribution in [1.29, 1.82) is 0 Å². The largest absolute Gasteiger partial charge is 0.508 e. The molecule has 0 aromatic heterocycles. The van der Waals surface area contributed by atoms with Gasteiger partial charge in [-0.2, -0.15) is 0 Å². The maximum Gasteiger partial charge on any atom is 0.251 e. The van der Waals surface area contributed by atoms with Gasteiger partial charge in [-0.1, -0.05) is 12.1 Å². The van der Waals surface area contributed by atoms with Crippen molar-refractivity contribution in [1.82, 2.24) is 10.6 Å². The molecule has 6 heteroatoms. The molecule has 0 fully saturated rings. The second-order valence-corrected chi connectivity index (χ2v) is 5.28. The number of hydrogen-bond acceptors (Lipinski definition) is 3. The van der Waals surface area contributed by atoms with Gasteiger partial charge in [0.15, 0.2) is 0 Å². The Morgan fingerprint density at radius 2 is 1.54 bits per heavy atom. The van der Waals surface area contributed by atoms with E-state index in [4.69, 9.17) is 5.11 Å². The molecule has 126 valence electrons. The molecule has 2 aromatic carbocycles. The molecular weight excluding hydrogens is 311 g/mol. The van der Waals surface area contributed by atoms with E-state index >= 15 is 0 Å². The third-order valence-electron chi connectivity index (χ3n) is 3.42. The summed E-state index contributed by atoms with van der Waals surface area (Å²) in [4.78, 5) is 23.5. The number of halogens is 1. The van der Waals surface area contributed by atoms with Crippen LogP contribution in [0.4, 0.5) is 4.39 Å². The summed E-state index contributed by atoms with van der Waals surface area (Å²) in [5.41, 5.74) is 1.34. The Labute approximate surface area is 139 Å². The Morgan fingerprint density at radius 3 is 2.21 bits per heavy atom. The molecule has 5 nitrogen and oxygen atoms in total. The highest BCUT2D eigenvalue weighted by molar-refractivity contribution is 5.94. The molecule has 0 unspecified atom stereocenters. The fourth-order valence-corrected chi connectivity index (χ4v) is 2.09. The minimum atomic E-state index is -0.299. The number of hydrogen-bond donors (Lipinski definition) is 3. The molecule has 3 N–H and O–H groups in total. The van der Waals surface area contributed by atoms with E-state index in [1.165, 1.54) is 36.4 Å². The van der Waals surface area contributed by atoms with Crippen LogP contribution in [0.15, 0.2) is 48.5 Å². The molecule has 0 aliphatic rings. The molecule has 2 rings (SSSR count). The number of carbonyl (C=O) groups excluding carboxylic acids is 2. The first-order chi connectivity index (χ1) is 11.5. The van der Waals surface area contributed by atoms with Gasteiger partial charge in [-0.3, -0.25) is 9.59 Å². The molecule has 0 spiro atoms. The lowest BCUT2D eigenvalue weighted by atomic mass is 10.1. The van der Waals surface area contributed by atoms with Crippen molar-refractivity contribution in [2.45, 2.75) is 12.8 Å². The second-order valence-electron chi connectivity index (χ2n) is 5.28. The Hall–Kier alpha value is -2.89. The first-order valence-electron chi connectivity index (χ1n) is 7.63. The number of phenols is 1. The number of aromatic hydroxyl groups is 1. The van der Waals surface area contributed by atoms with Crippen molar-refractivity contribution in [3.63, 3.8) is 0 Å². The van der Waals surface area contributed by atoms with Crippen LogP contribution in [-0.4, -0.2) is 30.0 Å². The van der Waals surface area contributed by atoms with Crippen LogP contribution in [0.2, 0.25) is 0 Å². The van der Waals surface area contributed by atoms with Gasteiger partial charge in [0.25, 0.3) is 5.91 Å². The summed E-state index contributed by atoms with van der Waals surface area (Å²) in [5.74, 6) is -0.596. The number of aryl methyl sites for hydroxylation is 1. The number of carbonyl (C=O) groups is 2. The highest BCUT2D eigenvalue weighted by atomic mass is 19.1. The van der Waals surface area contributed by atoms with Crippen LogP contribution in [0.1, 0.15) is 22.3 Å². The van der Waals surface area contributed by atoms with E-state index in [0.29, 0.717) is 31.5 Å². The Kier molecular flexibility index (Phi) is 6.31. The fraction of sp³-hybridized carbons (Fsp3) is 0.222. The molecule has 0 aliphatic carbocycles. The summed E-state index contributed by atoms with van der Waals surface area (Å²) < 4.78 is 12.8. The molecule has 0 atom stereocenters. The van der Waals surface area contributed by atoms with Gasteiger partial charge in [-0.15, -0.1) is 0 Å². The van der Waals surface area contributed by atoms with Gasteiger partial charge >= 0.3 is 0 Å². The van der Waals surface area contributed by atoms with Crippen LogP contribution in [0, 0.1) is 5.82 Å². The van der Waals surface area contributed by atoms with Crippen molar-refractivity contribution in [3.05, 3.63) is 65.5 Å². The van der Waals surface area contributed by atoms with Crippen LogP contribution in [0.25, 0.3) is 0 Å². The Morgan fingerprint density at radius 1 is 0.917 bits per heavy atom. The summed E-state index contributed by atoms with van der Waals surface area (Å²) in [6.07, 6.45) is 0.837. The van der Waals surface area contributed by atoms with E-state index in [2.05, 4.69) is 10.6 Å². The summed E-state index contributed by atoms with van der Waals surface area (Å²) in [5, 5.41) is 14.6. The standard InChI is InChI=1S/C18H19FN2O3/c19-15-6-1-13(2-7-15)3-10-17(23)20-11-12-21-18(24)14-4-8-16(22)9-5-14/h1-2,4-9,22H,3,10-12H2,(H,20,23)(H,21,24). The molecule has 2 aromatic rings. The third kappa shape index (κ3) is 5.72. The van der Waals surface area contributed by atoms with Crippen molar-refractivity contribution in [3.8, 4) is 5.75 Å². The predicted octanol–water partition coefficient (Wildman–Crippen LogP) is 2.01. The summed E-state index contributed by atoms with van der Waals surface area (Å²) in [6.45, 7) is 0.633. The maximum atomic E-state index is 12.8. The van der Waals surface area contributed by atoms with Gasteiger partial charge in [0, 0.05) is 25.1 Å². The maximum absolute atomic E-state index is 12.8. The average Bonchev–Trinajstić information content (AvgIpc) is 2.58. The lowest BCUT2D eigenvalue weighted by Gasteiger charge is -2.07. The molecule has 2 amide bonds. The highest BCUT2D eigenvalue weighted by Gasteiger charge is 2.05. The molecule has 0 saturated carbocycles. The van der Waals surface area contributed by atoms with Crippen LogP contribution < -0.4 is 10.6 Å². The molecule has 0 saturated heterocycles. The van der Waals surface area contributed by atoms with Crippen molar-refractivity contribution in [2.75, 3.05) is 13.1 Å². The second kappa shape index (κ2) is 8.67. The zero-order chi connectivity index (χ0) is 17.4. The lowest BCUT2D eigenvalue weighted by Crippen LogP contribution is -2.34. The highest BCUT2D eigenvalue weighted by Crippen LogP contribution is 2.09. The SMILES string of the molecule is O=C(CCc1ccc(F)cc1)NCCNC(=O)c1ccc(O)cc1. The Bertz CT molecular complexity index is 684. The third-order valence-corrected chi connectivity index (χ3v) is 3.42. The van der Waals surface area contributed by atoms with E-state index in [-0.39, 0.29) is 23.4 Å². The smallest absolute Gasteiger partial charge is 0.251 e. The molecule has 0 radical (unpaired) electrons. The summed E-state index contributed by atoms with van der Waals surface area (Å²) in [6, 6.07) is 12.0. The summed E-state index contributed by atoms with van der Waals surface area (Å²) in [7, 11) is 0. The van der Waals surface area contributed by atoms with Gasteiger partial charge in [-0.25, -0.2) is 4.39 Å². The number of phenolic OH excluding ortho intramolecular Hbond substituents is 1. The number of benzene rings is 2. The monoisotopic (exact) mass is 330 g/mol. The van der Waals surface area contributed by atoms with E-state index in [1.807, 2.05) is 0 Å². The average molecular weight is 330 g/mol. The zero-order valence-electron chi connectivity index (χ0n) is 13.1. The molecular formula is C18H19FN2O3. The quantitative estimate of drug-likeness (QED) is 0.680. The van der Waals surface area contributed by atoms with Gasteiger partial charge in [-0.05, 0) is 48.4 Å². The van der Waals surface area contributed by atoms with Crippen molar-refractivity contribution in [2.24, 2.45) is 0 Å². The van der Waals surface area contributed by atoms with Crippen molar-refractivity contribution < 1.29 is 19.1 Å². The van der Waals surface area contributed by atoms with Crippen LogP contribution in [0.3, 0.4) is 0 Å². The topological polar surface area (TPSA) is 78.4 Å². The zero-order valence-corrected chi connectivity index (χ0v) is 13.1. The van der Waals surface area contributed by atoms with Gasteiger partial charge in [0.05, 0.1) is 0 Å². The first kappa shape index (κ1) is 17.5. The lowest BCUT2D eigenvalue weighted by molar-refractivity contribution is -0.121. The summed E-state index contributed by atoms with van der Waals surface area (Å²) >= 11 is 0. The van der Waals surface area contributed by atoms with E-state index in [1.54, 1.807) is 12.1 Å². The first-order valence-corrected chi connectivity index (χ1v) is 7.63. The van der Waals surface area contributed by atoms with E-state index in [0.717, 1.165) is 5.56 Å². The normalized spacial score (nSPS) is 10.2. The van der Waals surface area contributed by atoms with Crippen LogP contribution >= 0.6 is 0 Å². The van der Waals surface area contributed by atoms with E-state index in [9.17, 15) is 14.0 Å². The van der Waals surface area contributed by atoms with Gasteiger partial charge < -0.3 is 15.7 Å². The van der Waals surface area contributed by atoms with Crippen molar-refractivity contribution >= 4 is 11.8 Å². The molecule has 0 bridgehead atoms.